The monoisotopic (exact) mass is 403 g/mol. The lowest BCUT2D eigenvalue weighted by Crippen LogP contribution is -2.46. The lowest BCUT2D eigenvalue weighted by molar-refractivity contribution is -0.141. The molecule has 158 valence electrons. The molecule has 8 heteroatoms. The molecule has 8 nitrogen and oxygen atoms in total. The van der Waals surface area contributed by atoms with Crippen molar-refractivity contribution in [3.8, 4) is 0 Å². The van der Waals surface area contributed by atoms with Crippen LogP contribution in [0.1, 0.15) is 43.4 Å². The molecule has 2 bridgehead atoms. The van der Waals surface area contributed by atoms with Crippen molar-refractivity contribution in [2.24, 2.45) is 5.92 Å². The molecule has 0 aromatic heterocycles. The van der Waals surface area contributed by atoms with Gasteiger partial charge in [-0.1, -0.05) is 6.07 Å². The summed E-state index contributed by atoms with van der Waals surface area (Å²) in [6, 6.07) is 5.85. The number of carbonyl (C=O) groups is 2. The minimum absolute atomic E-state index is 0.0205. The van der Waals surface area contributed by atoms with Crippen LogP contribution in [0.2, 0.25) is 0 Å². The number of rotatable bonds is 7. The number of anilines is 1. The molecular weight excluding hydrogens is 374 g/mol. The standard InChI is InChI=1S/C21H29N3O5/c1-2-28-20(26)9-22-21(27)24(10-13-3-4-13)11-14-5-6-16-15(7-14)19-8-17(23-16)18(25)12-29-19/h5-7,13,17-19,23,25H,2-4,8-12H2,1H3,(H,22,27)/t17-,18+,19-/m0/s1. The van der Waals surface area contributed by atoms with Crippen molar-refractivity contribution in [2.75, 3.05) is 31.6 Å². The maximum atomic E-state index is 12.7. The van der Waals surface area contributed by atoms with Gasteiger partial charge in [0.1, 0.15) is 6.54 Å². The van der Waals surface area contributed by atoms with Gasteiger partial charge in [-0.15, -0.1) is 0 Å². The fourth-order valence-corrected chi connectivity index (χ4v) is 3.99. The van der Waals surface area contributed by atoms with Gasteiger partial charge in [-0.2, -0.15) is 0 Å². The second-order valence-corrected chi connectivity index (χ2v) is 8.09. The number of nitrogens with one attached hydrogen (secondary N) is 2. The lowest BCUT2D eigenvalue weighted by Gasteiger charge is -2.40. The minimum Gasteiger partial charge on any atom is -0.465 e. The molecule has 1 aromatic rings. The third kappa shape index (κ3) is 4.82. The Hall–Kier alpha value is -2.32. The van der Waals surface area contributed by atoms with E-state index in [9.17, 15) is 14.7 Å². The van der Waals surface area contributed by atoms with Gasteiger partial charge < -0.3 is 30.1 Å². The Bertz CT molecular complexity index is 767. The molecule has 1 saturated carbocycles. The number of ether oxygens (including phenoxy) is 2. The summed E-state index contributed by atoms with van der Waals surface area (Å²) in [6.07, 6.45) is 2.49. The van der Waals surface area contributed by atoms with Gasteiger partial charge in [-0.05, 0) is 43.4 Å². The lowest BCUT2D eigenvalue weighted by atomic mass is 9.89. The number of amides is 2. The van der Waals surface area contributed by atoms with Crippen LogP contribution in [0, 0.1) is 5.92 Å². The van der Waals surface area contributed by atoms with Gasteiger partial charge in [-0.3, -0.25) is 4.79 Å². The van der Waals surface area contributed by atoms with Crippen LogP contribution in [0.4, 0.5) is 10.5 Å². The van der Waals surface area contributed by atoms with Crippen LogP contribution in [0.15, 0.2) is 18.2 Å². The van der Waals surface area contributed by atoms with E-state index in [1.807, 2.05) is 12.1 Å². The first-order chi connectivity index (χ1) is 14.0. The number of fused-ring (bicyclic) bond motifs is 4. The van der Waals surface area contributed by atoms with Crippen molar-refractivity contribution in [2.45, 2.75) is 51.0 Å². The number of hydrogen-bond acceptors (Lipinski definition) is 6. The summed E-state index contributed by atoms with van der Waals surface area (Å²) in [5.41, 5.74) is 3.07. The van der Waals surface area contributed by atoms with E-state index >= 15 is 0 Å². The highest BCUT2D eigenvalue weighted by Crippen LogP contribution is 2.39. The average Bonchev–Trinajstić information content (AvgIpc) is 3.53. The molecule has 0 unspecified atom stereocenters. The van der Waals surface area contributed by atoms with Crippen LogP contribution in [-0.2, 0) is 20.8 Å². The third-order valence-electron chi connectivity index (χ3n) is 5.73. The summed E-state index contributed by atoms with van der Waals surface area (Å²) < 4.78 is 10.7. The van der Waals surface area contributed by atoms with Crippen LogP contribution >= 0.6 is 0 Å². The van der Waals surface area contributed by atoms with Gasteiger partial charge in [0.15, 0.2) is 0 Å². The number of hydrogen-bond donors (Lipinski definition) is 3. The first-order valence-electron chi connectivity index (χ1n) is 10.4. The molecule has 3 atom stereocenters. The van der Waals surface area contributed by atoms with Gasteiger partial charge in [0.25, 0.3) is 0 Å². The quantitative estimate of drug-likeness (QED) is 0.600. The number of aliphatic hydroxyl groups excluding tert-OH is 1. The number of nitrogens with zero attached hydrogens (tertiary/aromatic N) is 1. The van der Waals surface area contributed by atoms with Crippen LogP contribution in [0.3, 0.4) is 0 Å². The molecule has 1 aromatic carbocycles. The Balaban J connectivity index is 1.44. The van der Waals surface area contributed by atoms with Crippen molar-refractivity contribution in [1.29, 1.82) is 0 Å². The van der Waals surface area contributed by atoms with E-state index in [0.717, 1.165) is 36.1 Å². The van der Waals surface area contributed by atoms with Crippen LogP contribution in [-0.4, -0.2) is 60.5 Å². The normalized spacial score (nSPS) is 24.8. The summed E-state index contributed by atoms with van der Waals surface area (Å²) in [7, 11) is 0. The van der Waals surface area contributed by atoms with Gasteiger partial charge in [0.2, 0.25) is 0 Å². The van der Waals surface area contributed by atoms with Gasteiger partial charge in [0.05, 0.1) is 31.5 Å². The summed E-state index contributed by atoms with van der Waals surface area (Å²) in [4.78, 5) is 26.0. The van der Waals surface area contributed by atoms with E-state index < -0.39 is 12.1 Å². The summed E-state index contributed by atoms with van der Waals surface area (Å²) >= 11 is 0. The molecule has 3 aliphatic rings. The number of benzene rings is 1. The highest BCUT2D eigenvalue weighted by molar-refractivity contribution is 5.80. The molecule has 2 fully saturated rings. The first kappa shape index (κ1) is 20.0. The van der Waals surface area contributed by atoms with Crippen molar-refractivity contribution < 1.29 is 24.2 Å². The summed E-state index contributed by atoms with van der Waals surface area (Å²) in [5, 5.41) is 16.1. The van der Waals surface area contributed by atoms with E-state index in [1.54, 1.807) is 11.8 Å². The van der Waals surface area contributed by atoms with E-state index in [1.165, 1.54) is 0 Å². The molecule has 0 spiro atoms. The number of aliphatic hydroxyl groups is 1. The average molecular weight is 403 g/mol. The zero-order valence-electron chi connectivity index (χ0n) is 16.7. The maximum absolute atomic E-state index is 12.7. The number of esters is 1. The smallest absolute Gasteiger partial charge is 0.325 e. The largest absolute Gasteiger partial charge is 0.465 e. The van der Waals surface area contributed by atoms with Crippen molar-refractivity contribution in [3.63, 3.8) is 0 Å². The predicted molar refractivity (Wildman–Crippen MR) is 106 cm³/mol. The molecule has 3 N–H and O–H groups in total. The minimum atomic E-state index is -0.490. The molecule has 29 heavy (non-hydrogen) atoms. The topological polar surface area (TPSA) is 100 Å². The fraction of sp³-hybridized carbons (Fsp3) is 0.619. The summed E-state index contributed by atoms with van der Waals surface area (Å²) in [5.74, 6) is 0.102. The Morgan fingerprint density at radius 3 is 2.97 bits per heavy atom. The molecule has 2 amide bonds. The van der Waals surface area contributed by atoms with E-state index in [4.69, 9.17) is 9.47 Å². The van der Waals surface area contributed by atoms with Gasteiger partial charge in [0, 0.05) is 30.8 Å². The van der Waals surface area contributed by atoms with Gasteiger partial charge >= 0.3 is 12.0 Å². The highest BCUT2D eigenvalue weighted by atomic mass is 16.5. The van der Waals surface area contributed by atoms with E-state index in [-0.39, 0.29) is 24.7 Å². The Kier molecular flexibility index (Phi) is 5.91. The van der Waals surface area contributed by atoms with Crippen molar-refractivity contribution in [3.05, 3.63) is 29.3 Å². The molecule has 1 saturated heterocycles. The zero-order valence-corrected chi connectivity index (χ0v) is 16.7. The molecule has 4 rings (SSSR count). The Morgan fingerprint density at radius 1 is 1.38 bits per heavy atom. The predicted octanol–water partition coefficient (Wildman–Crippen LogP) is 1.79. The van der Waals surface area contributed by atoms with Crippen LogP contribution in [0.25, 0.3) is 0 Å². The third-order valence-corrected chi connectivity index (χ3v) is 5.73. The molecular formula is C21H29N3O5. The maximum Gasteiger partial charge on any atom is 0.325 e. The number of carbonyl (C=O) groups excluding carboxylic acids is 2. The highest BCUT2D eigenvalue weighted by Gasteiger charge is 2.36. The molecule has 2 aliphatic heterocycles. The van der Waals surface area contributed by atoms with E-state index in [0.29, 0.717) is 32.2 Å². The molecule has 1 aliphatic carbocycles. The Morgan fingerprint density at radius 2 is 2.21 bits per heavy atom. The number of urea groups is 1. The molecule has 0 radical (unpaired) electrons. The zero-order chi connectivity index (χ0) is 20.4. The first-order valence-corrected chi connectivity index (χ1v) is 10.4. The van der Waals surface area contributed by atoms with Crippen LogP contribution < -0.4 is 10.6 Å². The van der Waals surface area contributed by atoms with Crippen LogP contribution in [0.5, 0.6) is 0 Å². The second kappa shape index (κ2) is 8.59. The Labute approximate surface area is 170 Å². The molecule has 2 heterocycles. The van der Waals surface area contributed by atoms with Crippen molar-refractivity contribution in [1.82, 2.24) is 10.2 Å². The fourth-order valence-electron chi connectivity index (χ4n) is 3.99. The van der Waals surface area contributed by atoms with Gasteiger partial charge in [-0.25, -0.2) is 4.79 Å². The SMILES string of the molecule is CCOC(=O)CNC(=O)N(Cc1ccc2c(c1)[C@@H]1C[C@H](N2)[C@H](O)CO1)CC1CC1. The van der Waals surface area contributed by atoms with E-state index in [2.05, 4.69) is 16.7 Å². The second-order valence-electron chi connectivity index (χ2n) is 8.09. The summed E-state index contributed by atoms with van der Waals surface area (Å²) in [6.45, 7) is 3.39. The van der Waals surface area contributed by atoms with Crippen molar-refractivity contribution >= 4 is 17.7 Å².